The third-order valence-corrected chi connectivity index (χ3v) is 3.08. The predicted octanol–water partition coefficient (Wildman–Crippen LogP) is 4.05. The molecular formula is C14H16BrNO. The normalized spacial score (nSPS) is 10.7. The van der Waals surface area contributed by atoms with Gasteiger partial charge in [-0.3, -0.25) is 0 Å². The summed E-state index contributed by atoms with van der Waals surface area (Å²) in [5.41, 5.74) is 1.14. The van der Waals surface area contributed by atoms with Crippen molar-refractivity contribution in [3.63, 3.8) is 0 Å². The zero-order chi connectivity index (χ0) is 12.1. The van der Waals surface area contributed by atoms with Crippen molar-refractivity contribution in [3.05, 3.63) is 40.9 Å². The number of nitrogens with one attached hydrogen (secondary N) is 1. The second-order valence-electron chi connectivity index (χ2n) is 3.83. The molecule has 0 amide bonds. The van der Waals surface area contributed by atoms with Gasteiger partial charge in [-0.05, 0) is 42.0 Å². The van der Waals surface area contributed by atoms with Gasteiger partial charge in [0.2, 0.25) is 0 Å². The topological polar surface area (TPSA) is 21.3 Å². The summed E-state index contributed by atoms with van der Waals surface area (Å²) in [4.78, 5) is 0. The number of anilines is 1. The molecule has 2 aromatic carbocycles. The minimum Gasteiger partial charge on any atom is -0.383 e. The fraction of sp³-hybridized carbons (Fsp3) is 0.286. The van der Waals surface area contributed by atoms with E-state index in [0.29, 0.717) is 0 Å². The van der Waals surface area contributed by atoms with E-state index in [1.165, 1.54) is 10.8 Å². The van der Waals surface area contributed by atoms with Gasteiger partial charge in [0.15, 0.2) is 0 Å². The van der Waals surface area contributed by atoms with E-state index in [1.54, 1.807) is 0 Å². The molecule has 0 aliphatic carbocycles. The van der Waals surface area contributed by atoms with Crippen LogP contribution in [0.4, 0.5) is 5.69 Å². The van der Waals surface area contributed by atoms with E-state index >= 15 is 0 Å². The summed E-state index contributed by atoms with van der Waals surface area (Å²) >= 11 is 3.48. The SMILES string of the molecule is CCOCCNc1ccc2cc(Br)ccc2c1. The van der Waals surface area contributed by atoms with E-state index in [-0.39, 0.29) is 0 Å². The van der Waals surface area contributed by atoms with Gasteiger partial charge < -0.3 is 10.1 Å². The van der Waals surface area contributed by atoms with Gasteiger partial charge in [-0.2, -0.15) is 0 Å². The first kappa shape index (κ1) is 12.4. The highest BCUT2D eigenvalue weighted by atomic mass is 79.9. The number of fused-ring (bicyclic) bond motifs is 1. The number of halogens is 1. The van der Waals surface area contributed by atoms with Gasteiger partial charge in [0.1, 0.15) is 0 Å². The summed E-state index contributed by atoms with van der Waals surface area (Å²) in [6, 6.07) is 12.7. The Labute approximate surface area is 110 Å². The van der Waals surface area contributed by atoms with Gasteiger partial charge in [0, 0.05) is 23.3 Å². The van der Waals surface area contributed by atoms with Crippen LogP contribution in [0.15, 0.2) is 40.9 Å². The van der Waals surface area contributed by atoms with Crippen LogP contribution in [0, 0.1) is 0 Å². The van der Waals surface area contributed by atoms with Gasteiger partial charge in [-0.1, -0.05) is 28.1 Å². The summed E-state index contributed by atoms with van der Waals surface area (Å²) in [6.07, 6.45) is 0. The molecule has 3 heteroatoms. The summed E-state index contributed by atoms with van der Waals surface area (Å²) in [5, 5.41) is 5.84. The lowest BCUT2D eigenvalue weighted by molar-refractivity contribution is 0.158. The highest BCUT2D eigenvalue weighted by Gasteiger charge is 1.97. The second kappa shape index (κ2) is 6.03. The Balaban J connectivity index is 2.07. The largest absolute Gasteiger partial charge is 0.383 e. The zero-order valence-corrected chi connectivity index (χ0v) is 11.5. The quantitative estimate of drug-likeness (QED) is 0.840. The molecule has 0 unspecified atom stereocenters. The summed E-state index contributed by atoms with van der Waals surface area (Å²) in [6.45, 7) is 4.37. The molecular weight excluding hydrogens is 278 g/mol. The van der Waals surface area contributed by atoms with Gasteiger partial charge in [0.05, 0.1) is 6.61 Å². The molecule has 0 atom stereocenters. The molecule has 0 aliphatic heterocycles. The Morgan fingerprint density at radius 2 is 1.88 bits per heavy atom. The smallest absolute Gasteiger partial charge is 0.0638 e. The first-order valence-electron chi connectivity index (χ1n) is 5.80. The Kier molecular flexibility index (Phi) is 4.40. The third kappa shape index (κ3) is 3.45. The molecule has 0 fully saturated rings. The van der Waals surface area contributed by atoms with Crippen molar-refractivity contribution in [3.8, 4) is 0 Å². The molecule has 0 bridgehead atoms. The van der Waals surface area contributed by atoms with Crippen LogP contribution in [0.25, 0.3) is 10.8 Å². The number of rotatable bonds is 5. The molecule has 2 nitrogen and oxygen atoms in total. The molecule has 0 spiro atoms. The maximum atomic E-state index is 5.29. The first-order valence-corrected chi connectivity index (χ1v) is 6.60. The van der Waals surface area contributed by atoms with Crippen LogP contribution in [0.2, 0.25) is 0 Å². The average molecular weight is 294 g/mol. The van der Waals surface area contributed by atoms with E-state index in [1.807, 2.05) is 6.92 Å². The fourth-order valence-corrected chi connectivity index (χ4v) is 2.12. The fourth-order valence-electron chi connectivity index (χ4n) is 1.74. The third-order valence-electron chi connectivity index (χ3n) is 2.58. The highest BCUT2D eigenvalue weighted by Crippen LogP contribution is 2.22. The molecule has 0 aliphatic rings. The molecule has 17 heavy (non-hydrogen) atoms. The van der Waals surface area contributed by atoms with Crippen LogP contribution in [0.5, 0.6) is 0 Å². The molecule has 1 N–H and O–H groups in total. The standard InChI is InChI=1S/C14H16BrNO/c1-2-17-8-7-16-14-6-4-11-9-13(15)5-3-12(11)10-14/h3-6,9-10,16H,2,7-8H2,1H3. The van der Waals surface area contributed by atoms with Gasteiger partial charge in [-0.25, -0.2) is 0 Å². The summed E-state index contributed by atoms with van der Waals surface area (Å²) in [7, 11) is 0. The van der Waals surface area contributed by atoms with Crippen molar-refractivity contribution in [2.45, 2.75) is 6.92 Å². The highest BCUT2D eigenvalue weighted by molar-refractivity contribution is 9.10. The monoisotopic (exact) mass is 293 g/mol. The molecule has 90 valence electrons. The van der Waals surface area contributed by atoms with Crippen molar-refractivity contribution in [2.24, 2.45) is 0 Å². The van der Waals surface area contributed by atoms with Crippen molar-refractivity contribution < 1.29 is 4.74 Å². The van der Waals surface area contributed by atoms with Crippen molar-refractivity contribution >= 4 is 32.4 Å². The zero-order valence-electron chi connectivity index (χ0n) is 9.87. The van der Waals surface area contributed by atoms with Gasteiger partial charge in [-0.15, -0.1) is 0 Å². The predicted molar refractivity (Wildman–Crippen MR) is 76.6 cm³/mol. The number of hydrogen-bond donors (Lipinski definition) is 1. The lowest BCUT2D eigenvalue weighted by Crippen LogP contribution is -2.08. The maximum Gasteiger partial charge on any atom is 0.0638 e. The molecule has 0 radical (unpaired) electrons. The molecule has 0 aromatic heterocycles. The lowest BCUT2D eigenvalue weighted by atomic mass is 10.1. The molecule has 2 rings (SSSR count). The van der Waals surface area contributed by atoms with Crippen LogP contribution in [-0.2, 0) is 4.74 Å². The van der Waals surface area contributed by atoms with E-state index in [2.05, 4.69) is 57.6 Å². The number of hydrogen-bond acceptors (Lipinski definition) is 2. The number of benzene rings is 2. The van der Waals surface area contributed by atoms with E-state index in [4.69, 9.17) is 4.74 Å². The average Bonchev–Trinajstić information content (AvgIpc) is 2.35. The van der Waals surface area contributed by atoms with E-state index in [0.717, 1.165) is 29.9 Å². The van der Waals surface area contributed by atoms with Crippen LogP contribution in [0.1, 0.15) is 6.92 Å². The maximum absolute atomic E-state index is 5.29. The van der Waals surface area contributed by atoms with Crippen LogP contribution >= 0.6 is 15.9 Å². The summed E-state index contributed by atoms with van der Waals surface area (Å²) < 4.78 is 6.40. The van der Waals surface area contributed by atoms with Crippen LogP contribution in [-0.4, -0.2) is 19.8 Å². The molecule has 0 saturated carbocycles. The molecule has 2 aromatic rings. The number of ether oxygens (including phenoxy) is 1. The second-order valence-corrected chi connectivity index (χ2v) is 4.75. The Morgan fingerprint density at radius 1 is 1.12 bits per heavy atom. The molecule has 0 saturated heterocycles. The van der Waals surface area contributed by atoms with Crippen molar-refractivity contribution in [1.29, 1.82) is 0 Å². The van der Waals surface area contributed by atoms with Crippen molar-refractivity contribution in [1.82, 2.24) is 0 Å². The van der Waals surface area contributed by atoms with Gasteiger partial charge >= 0.3 is 0 Å². The van der Waals surface area contributed by atoms with Crippen LogP contribution < -0.4 is 5.32 Å². The Morgan fingerprint density at radius 3 is 2.71 bits per heavy atom. The van der Waals surface area contributed by atoms with E-state index in [9.17, 15) is 0 Å². The van der Waals surface area contributed by atoms with Crippen LogP contribution in [0.3, 0.4) is 0 Å². The molecule has 0 heterocycles. The lowest BCUT2D eigenvalue weighted by Gasteiger charge is -2.07. The van der Waals surface area contributed by atoms with Crippen molar-refractivity contribution in [2.75, 3.05) is 25.1 Å². The Bertz CT molecular complexity index is 499. The summed E-state index contributed by atoms with van der Waals surface area (Å²) in [5.74, 6) is 0. The van der Waals surface area contributed by atoms with Gasteiger partial charge in [0.25, 0.3) is 0 Å². The van der Waals surface area contributed by atoms with E-state index < -0.39 is 0 Å². The first-order chi connectivity index (χ1) is 8.29. The minimum atomic E-state index is 0.745. The Hall–Kier alpha value is -1.06. The minimum absolute atomic E-state index is 0.745.